The Morgan fingerprint density at radius 1 is 1.11 bits per heavy atom. The molecule has 0 unspecified atom stereocenters. The molecule has 1 amide bonds. The van der Waals surface area contributed by atoms with Crippen molar-refractivity contribution < 1.29 is 18.8 Å². The van der Waals surface area contributed by atoms with Gasteiger partial charge in [0.25, 0.3) is 0 Å². The first kappa shape index (κ1) is 19.9. The normalized spacial score (nSPS) is 21.7. The highest BCUT2D eigenvalue weighted by Crippen LogP contribution is 2.36. The molecule has 9 heteroatoms. The van der Waals surface area contributed by atoms with Crippen LogP contribution < -0.4 is 10.4 Å². The lowest BCUT2D eigenvalue weighted by Crippen LogP contribution is -2.41. The molecule has 2 aliphatic rings. The van der Waals surface area contributed by atoms with Gasteiger partial charge in [0.1, 0.15) is 5.60 Å². The summed E-state index contributed by atoms with van der Waals surface area (Å²) in [6.45, 7) is 15.3. The van der Waals surface area contributed by atoms with Gasteiger partial charge >= 0.3 is 13.2 Å². The van der Waals surface area contributed by atoms with E-state index in [1.165, 1.54) is 0 Å². The Kier molecular flexibility index (Phi) is 4.88. The predicted octanol–water partition coefficient (Wildman–Crippen LogP) is 1.79. The number of nitrogens with zero attached hydrogens (tertiary/aromatic N) is 4. The molecule has 0 atom stereocenters. The van der Waals surface area contributed by atoms with Crippen molar-refractivity contribution in [2.45, 2.75) is 65.3 Å². The van der Waals surface area contributed by atoms with Crippen LogP contribution in [0.2, 0.25) is 0 Å². The van der Waals surface area contributed by atoms with Gasteiger partial charge < -0.3 is 18.9 Å². The van der Waals surface area contributed by atoms with Gasteiger partial charge in [-0.1, -0.05) is 0 Å². The van der Waals surface area contributed by atoms with Crippen LogP contribution in [0.4, 0.5) is 10.7 Å². The van der Waals surface area contributed by atoms with E-state index in [0.29, 0.717) is 25.7 Å². The van der Waals surface area contributed by atoms with Crippen molar-refractivity contribution in [3.63, 3.8) is 0 Å². The summed E-state index contributed by atoms with van der Waals surface area (Å²) >= 11 is 0. The largest absolute Gasteiger partial charge is 0.498 e. The molecule has 0 aromatic carbocycles. The van der Waals surface area contributed by atoms with Crippen molar-refractivity contribution in [3.05, 3.63) is 12.4 Å². The van der Waals surface area contributed by atoms with Crippen molar-refractivity contribution in [2.24, 2.45) is 0 Å². The van der Waals surface area contributed by atoms with E-state index < -0.39 is 23.9 Å². The van der Waals surface area contributed by atoms with Crippen LogP contribution in [0.1, 0.15) is 48.5 Å². The summed E-state index contributed by atoms with van der Waals surface area (Å²) in [6.07, 6.45) is 3.13. The topological polar surface area (TPSA) is 77.0 Å². The number of ether oxygens (including phenoxy) is 1. The van der Waals surface area contributed by atoms with Crippen molar-refractivity contribution in [1.82, 2.24) is 14.9 Å². The van der Waals surface area contributed by atoms with Crippen LogP contribution >= 0.6 is 0 Å². The van der Waals surface area contributed by atoms with E-state index in [-0.39, 0.29) is 6.09 Å². The zero-order valence-electron chi connectivity index (χ0n) is 17.3. The number of rotatable bonds is 2. The average Bonchev–Trinajstić information content (AvgIpc) is 3.09. The molecule has 2 fully saturated rings. The molecule has 27 heavy (non-hydrogen) atoms. The van der Waals surface area contributed by atoms with Gasteiger partial charge in [0.2, 0.25) is 5.95 Å². The highest BCUT2D eigenvalue weighted by atomic mass is 16.7. The van der Waals surface area contributed by atoms with Crippen LogP contribution in [0.25, 0.3) is 0 Å². The third-order valence-corrected chi connectivity index (χ3v) is 5.10. The van der Waals surface area contributed by atoms with Gasteiger partial charge in [-0.05, 0) is 48.5 Å². The minimum absolute atomic E-state index is 0.321. The van der Waals surface area contributed by atoms with Gasteiger partial charge in [-0.2, -0.15) is 0 Å². The van der Waals surface area contributed by atoms with Crippen LogP contribution in [0.15, 0.2) is 12.4 Å². The molecule has 148 valence electrons. The van der Waals surface area contributed by atoms with Gasteiger partial charge in [0.15, 0.2) is 0 Å². The minimum atomic E-state index is -0.508. The van der Waals surface area contributed by atoms with Gasteiger partial charge in [-0.25, -0.2) is 14.8 Å². The second-order valence-corrected chi connectivity index (χ2v) is 9.05. The molecule has 2 aliphatic heterocycles. The third kappa shape index (κ3) is 4.19. The molecule has 2 saturated heterocycles. The minimum Gasteiger partial charge on any atom is -0.444 e. The van der Waals surface area contributed by atoms with Crippen molar-refractivity contribution >= 4 is 24.6 Å². The fourth-order valence-electron chi connectivity index (χ4n) is 2.82. The highest BCUT2D eigenvalue weighted by Gasteiger charge is 2.52. The summed E-state index contributed by atoms with van der Waals surface area (Å²) in [4.78, 5) is 24.7. The van der Waals surface area contributed by atoms with E-state index in [9.17, 15) is 4.79 Å². The molecule has 1 aromatic heterocycles. The average molecular weight is 376 g/mol. The van der Waals surface area contributed by atoms with Gasteiger partial charge in [-0.15, -0.1) is 0 Å². The van der Waals surface area contributed by atoms with E-state index in [4.69, 9.17) is 14.0 Å². The Labute approximate surface area is 161 Å². The number of hydrogen-bond acceptors (Lipinski definition) is 7. The molecule has 3 heterocycles. The van der Waals surface area contributed by atoms with Crippen LogP contribution in [0.5, 0.6) is 0 Å². The van der Waals surface area contributed by atoms with E-state index in [2.05, 4.69) is 9.97 Å². The summed E-state index contributed by atoms with van der Waals surface area (Å²) in [5, 5.41) is 0. The molecular weight excluding hydrogens is 347 g/mol. The number of aromatic nitrogens is 2. The molecule has 0 N–H and O–H groups in total. The lowest BCUT2D eigenvalue weighted by atomic mass is 9.81. The number of hydrogen-bond donors (Lipinski definition) is 0. The van der Waals surface area contributed by atoms with Crippen molar-refractivity contribution in [2.75, 3.05) is 24.7 Å². The Morgan fingerprint density at radius 2 is 1.67 bits per heavy atom. The maximum atomic E-state index is 12.2. The Bertz CT molecular complexity index is 686. The van der Waals surface area contributed by atoms with Crippen molar-refractivity contribution in [1.29, 1.82) is 0 Å². The molecule has 8 nitrogen and oxygen atoms in total. The number of anilines is 1. The fourth-order valence-corrected chi connectivity index (χ4v) is 2.82. The highest BCUT2D eigenvalue weighted by molar-refractivity contribution is 6.61. The van der Waals surface area contributed by atoms with Crippen LogP contribution in [-0.2, 0) is 14.0 Å². The number of carbonyl (C=O) groups is 1. The maximum absolute atomic E-state index is 12.2. The standard InChI is InChI=1S/C18H29BN4O4/c1-16(2,3)25-15(24)23-9-8-22(12-23)14-20-10-13(11-21-14)19-26-17(4,5)18(6,7)27-19/h10-11H,8-9,12H2,1-7H3. The van der Waals surface area contributed by atoms with Crippen molar-refractivity contribution in [3.8, 4) is 0 Å². The molecule has 1 aromatic rings. The zero-order chi connectivity index (χ0) is 20.0. The maximum Gasteiger partial charge on any atom is 0.498 e. The molecule has 0 saturated carbocycles. The summed E-state index contributed by atoms with van der Waals surface area (Å²) < 4.78 is 17.5. The van der Waals surface area contributed by atoms with Gasteiger partial charge in [-0.3, -0.25) is 4.90 Å². The van der Waals surface area contributed by atoms with Crippen LogP contribution in [0, 0.1) is 0 Å². The van der Waals surface area contributed by atoms with Crippen LogP contribution in [-0.4, -0.2) is 64.6 Å². The summed E-state index contributed by atoms with van der Waals surface area (Å²) in [5.74, 6) is 0.571. The molecular formula is C18H29BN4O4. The van der Waals surface area contributed by atoms with E-state index in [0.717, 1.165) is 5.46 Å². The lowest BCUT2D eigenvalue weighted by Gasteiger charge is -2.32. The first-order chi connectivity index (χ1) is 12.4. The van der Waals surface area contributed by atoms with Crippen LogP contribution in [0.3, 0.4) is 0 Å². The Morgan fingerprint density at radius 3 is 2.19 bits per heavy atom. The second kappa shape index (κ2) is 6.63. The Hall–Kier alpha value is -1.87. The summed E-state index contributed by atoms with van der Waals surface area (Å²) in [6, 6.07) is 0. The van der Waals surface area contributed by atoms with E-state index in [1.54, 1.807) is 17.3 Å². The predicted molar refractivity (Wildman–Crippen MR) is 103 cm³/mol. The molecule has 0 radical (unpaired) electrons. The summed E-state index contributed by atoms with van der Waals surface area (Å²) in [5.41, 5.74) is -0.537. The number of amides is 1. The van der Waals surface area contributed by atoms with Gasteiger partial charge in [0, 0.05) is 30.9 Å². The SMILES string of the molecule is CC(C)(C)OC(=O)N1CCN(c2ncc(B3OC(C)(C)C(C)(C)O3)cn2)C1. The molecule has 0 bridgehead atoms. The fraction of sp³-hybridized carbons (Fsp3) is 0.722. The molecule has 0 aliphatic carbocycles. The number of carbonyl (C=O) groups excluding carboxylic acids is 1. The zero-order valence-corrected chi connectivity index (χ0v) is 17.3. The second-order valence-electron chi connectivity index (χ2n) is 9.05. The quantitative estimate of drug-likeness (QED) is 0.729. The first-order valence-electron chi connectivity index (χ1n) is 9.28. The monoisotopic (exact) mass is 376 g/mol. The molecule has 3 rings (SSSR count). The Balaban J connectivity index is 1.63. The lowest BCUT2D eigenvalue weighted by molar-refractivity contribution is 0.00578. The van der Waals surface area contributed by atoms with E-state index in [1.807, 2.05) is 53.4 Å². The third-order valence-electron chi connectivity index (χ3n) is 5.10. The summed E-state index contributed by atoms with van der Waals surface area (Å²) in [7, 11) is -0.485. The first-order valence-corrected chi connectivity index (χ1v) is 9.28. The smallest absolute Gasteiger partial charge is 0.444 e. The molecule has 0 spiro atoms. The van der Waals surface area contributed by atoms with Gasteiger partial charge in [0.05, 0.1) is 17.9 Å². The van der Waals surface area contributed by atoms with E-state index >= 15 is 0 Å².